The summed E-state index contributed by atoms with van der Waals surface area (Å²) in [5.41, 5.74) is -0.969. The molecule has 2 fully saturated rings. The third kappa shape index (κ3) is 2.38. The van der Waals surface area contributed by atoms with Crippen LogP contribution < -0.4 is 0 Å². The van der Waals surface area contributed by atoms with Crippen molar-refractivity contribution in [2.45, 2.75) is 63.8 Å². The van der Waals surface area contributed by atoms with Crippen molar-refractivity contribution in [3.05, 3.63) is 0 Å². The van der Waals surface area contributed by atoms with E-state index in [1.807, 2.05) is 0 Å². The van der Waals surface area contributed by atoms with Crippen LogP contribution in [0.25, 0.3) is 0 Å². The molecular weight excluding hydrogens is 230 g/mol. The van der Waals surface area contributed by atoms with E-state index in [4.69, 9.17) is 0 Å². The van der Waals surface area contributed by atoms with Gasteiger partial charge in [0.25, 0.3) is 0 Å². The second-order valence-electron chi connectivity index (χ2n) is 5.86. The Bertz CT molecular complexity index is 334. The molecule has 0 aromatic heterocycles. The SMILES string of the molecule is CC1(C(=O)O)CCCN1C(=O)C1CCCCCC1. The van der Waals surface area contributed by atoms with Gasteiger partial charge in [0.15, 0.2) is 0 Å². The van der Waals surface area contributed by atoms with Gasteiger partial charge in [-0.1, -0.05) is 25.7 Å². The Morgan fingerprint density at radius 1 is 1.11 bits per heavy atom. The number of amides is 1. The lowest BCUT2D eigenvalue weighted by Gasteiger charge is -2.33. The van der Waals surface area contributed by atoms with Crippen LogP contribution in [0, 0.1) is 5.92 Å². The second kappa shape index (κ2) is 5.29. The maximum absolute atomic E-state index is 12.5. The summed E-state index contributed by atoms with van der Waals surface area (Å²) in [5, 5.41) is 9.35. The van der Waals surface area contributed by atoms with E-state index in [-0.39, 0.29) is 11.8 Å². The summed E-state index contributed by atoms with van der Waals surface area (Å²) < 4.78 is 0. The molecule has 0 radical (unpaired) electrons. The average Bonchev–Trinajstić information content (AvgIpc) is 2.58. The minimum absolute atomic E-state index is 0.0595. The van der Waals surface area contributed by atoms with Crippen molar-refractivity contribution in [3.63, 3.8) is 0 Å². The zero-order valence-corrected chi connectivity index (χ0v) is 11.2. The fourth-order valence-electron chi connectivity index (χ4n) is 3.29. The van der Waals surface area contributed by atoms with Crippen molar-refractivity contribution < 1.29 is 14.7 Å². The molecule has 0 aromatic rings. The van der Waals surface area contributed by atoms with Crippen LogP contribution in [0.1, 0.15) is 58.3 Å². The predicted molar refractivity (Wildman–Crippen MR) is 68.2 cm³/mol. The molecule has 1 saturated carbocycles. The van der Waals surface area contributed by atoms with Gasteiger partial charge in [0.1, 0.15) is 5.54 Å². The van der Waals surface area contributed by atoms with Crippen molar-refractivity contribution in [1.82, 2.24) is 4.90 Å². The van der Waals surface area contributed by atoms with E-state index in [0.717, 1.165) is 32.1 Å². The molecule has 1 saturated heterocycles. The van der Waals surface area contributed by atoms with Gasteiger partial charge in [-0.15, -0.1) is 0 Å². The van der Waals surface area contributed by atoms with E-state index < -0.39 is 11.5 Å². The zero-order valence-electron chi connectivity index (χ0n) is 11.2. The summed E-state index contributed by atoms with van der Waals surface area (Å²) in [6, 6.07) is 0. The molecule has 1 aliphatic heterocycles. The Morgan fingerprint density at radius 3 is 2.28 bits per heavy atom. The second-order valence-corrected chi connectivity index (χ2v) is 5.86. The molecule has 1 atom stereocenters. The van der Waals surface area contributed by atoms with Gasteiger partial charge < -0.3 is 10.0 Å². The molecule has 1 aliphatic carbocycles. The number of rotatable bonds is 2. The highest BCUT2D eigenvalue weighted by atomic mass is 16.4. The summed E-state index contributed by atoms with van der Waals surface area (Å²) in [5.74, 6) is -0.717. The van der Waals surface area contributed by atoms with Gasteiger partial charge >= 0.3 is 5.97 Å². The molecule has 1 unspecified atom stereocenters. The molecule has 2 aliphatic rings. The summed E-state index contributed by atoms with van der Waals surface area (Å²) in [6.45, 7) is 2.30. The lowest BCUT2D eigenvalue weighted by Crippen LogP contribution is -2.52. The number of carboxylic acid groups (broad SMARTS) is 1. The number of carbonyl (C=O) groups excluding carboxylic acids is 1. The Balaban J connectivity index is 2.09. The number of hydrogen-bond acceptors (Lipinski definition) is 2. The monoisotopic (exact) mass is 253 g/mol. The number of nitrogens with zero attached hydrogens (tertiary/aromatic N) is 1. The maximum Gasteiger partial charge on any atom is 0.329 e. The molecule has 0 aromatic carbocycles. The van der Waals surface area contributed by atoms with Gasteiger partial charge in [-0.25, -0.2) is 4.79 Å². The number of likely N-dealkylation sites (tertiary alicyclic amines) is 1. The first-order valence-corrected chi connectivity index (χ1v) is 7.10. The highest BCUT2D eigenvalue weighted by molar-refractivity contribution is 5.88. The van der Waals surface area contributed by atoms with Crippen LogP contribution in [0.4, 0.5) is 0 Å². The molecule has 102 valence electrons. The molecule has 4 heteroatoms. The topological polar surface area (TPSA) is 57.6 Å². The fraction of sp³-hybridized carbons (Fsp3) is 0.857. The van der Waals surface area contributed by atoms with E-state index in [2.05, 4.69) is 0 Å². The Hall–Kier alpha value is -1.06. The lowest BCUT2D eigenvalue weighted by molar-refractivity contribution is -0.157. The van der Waals surface area contributed by atoms with E-state index in [9.17, 15) is 14.7 Å². The quantitative estimate of drug-likeness (QED) is 0.769. The standard InChI is InChI=1S/C14H23NO3/c1-14(13(17)18)9-6-10-15(14)12(16)11-7-4-2-3-5-8-11/h11H,2-10H2,1H3,(H,17,18). The van der Waals surface area contributed by atoms with Crippen LogP contribution in [-0.4, -0.2) is 34.0 Å². The summed E-state index contributed by atoms with van der Waals surface area (Å²) in [6.07, 6.45) is 7.89. The van der Waals surface area contributed by atoms with Gasteiger partial charge in [0, 0.05) is 12.5 Å². The number of hydrogen-bond donors (Lipinski definition) is 1. The minimum atomic E-state index is -0.969. The van der Waals surface area contributed by atoms with Gasteiger partial charge in [-0.3, -0.25) is 4.79 Å². The van der Waals surface area contributed by atoms with Crippen molar-refractivity contribution in [3.8, 4) is 0 Å². The van der Waals surface area contributed by atoms with Gasteiger partial charge in [-0.2, -0.15) is 0 Å². The van der Waals surface area contributed by atoms with E-state index in [0.29, 0.717) is 13.0 Å². The molecule has 18 heavy (non-hydrogen) atoms. The first-order valence-electron chi connectivity index (χ1n) is 7.10. The van der Waals surface area contributed by atoms with Crippen LogP contribution in [0.3, 0.4) is 0 Å². The van der Waals surface area contributed by atoms with Crippen LogP contribution in [0.2, 0.25) is 0 Å². The molecule has 4 nitrogen and oxygen atoms in total. The third-order valence-corrected chi connectivity index (χ3v) is 4.57. The van der Waals surface area contributed by atoms with Gasteiger partial charge in [-0.05, 0) is 32.6 Å². The van der Waals surface area contributed by atoms with Crippen LogP contribution in [-0.2, 0) is 9.59 Å². The largest absolute Gasteiger partial charge is 0.480 e. The van der Waals surface area contributed by atoms with Gasteiger partial charge in [0.05, 0.1) is 0 Å². The molecule has 2 rings (SSSR count). The molecule has 1 amide bonds. The highest BCUT2D eigenvalue weighted by Crippen LogP contribution is 2.33. The summed E-state index contributed by atoms with van der Waals surface area (Å²) in [7, 11) is 0. The molecule has 1 heterocycles. The van der Waals surface area contributed by atoms with Crippen molar-refractivity contribution in [2.75, 3.05) is 6.54 Å². The van der Waals surface area contributed by atoms with Crippen molar-refractivity contribution in [2.24, 2.45) is 5.92 Å². The molecule has 1 N–H and O–H groups in total. The van der Waals surface area contributed by atoms with E-state index in [1.165, 1.54) is 12.8 Å². The molecule has 0 spiro atoms. The first-order chi connectivity index (χ1) is 8.55. The van der Waals surface area contributed by atoms with E-state index >= 15 is 0 Å². The number of carboxylic acids is 1. The molecule has 0 bridgehead atoms. The van der Waals surface area contributed by atoms with Crippen LogP contribution in [0.5, 0.6) is 0 Å². The smallest absolute Gasteiger partial charge is 0.329 e. The van der Waals surface area contributed by atoms with Crippen molar-refractivity contribution in [1.29, 1.82) is 0 Å². The Labute approximate surface area is 108 Å². The highest BCUT2D eigenvalue weighted by Gasteiger charge is 2.47. The summed E-state index contributed by atoms with van der Waals surface area (Å²) in [4.78, 5) is 25.6. The number of aliphatic carboxylic acids is 1. The molecular formula is C14H23NO3. The maximum atomic E-state index is 12.5. The Morgan fingerprint density at radius 2 is 1.72 bits per heavy atom. The fourth-order valence-corrected chi connectivity index (χ4v) is 3.29. The lowest BCUT2D eigenvalue weighted by atomic mass is 9.94. The third-order valence-electron chi connectivity index (χ3n) is 4.57. The Kier molecular flexibility index (Phi) is 3.93. The summed E-state index contributed by atoms with van der Waals surface area (Å²) >= 11 is 0. The average molecular weight is 253 g/mol. The van der Waals surface area contributed by atoms with Crippen LogP contribution >= 0.6 is 0 Å². The van der Waals surface area contributed by atoms with Gasteiger partial charge in [0.2, 0.25) is 5.91 Å². The van der Waals surface area contributed by atoms with E-state index in [1.54, 1.807) is 11.8 Å². The van der Waals surface area contributed by atoms with Crippen LogP contribution in [0.15, 0.2) is 0 Å². The minimum Gasteiger partial charge on any atom is -0.480 e. The first kappa shape index (κ1) is 13.4. The normalized spacial score (nSPS) is 30.2. The predicted octanol–water partition coefficient (Wildman–Crippen LogP) is 2.42. The van der Waals surface area contributed by atoms with Crippen molar-refractivity contribution >= 4 is 11.9 Å². The number of carbonyl (C=O) groups is 2. The zero-order chi connectivity index (χ0) is 13.2.